The van der Waals surface area contributed by atoms with Gasteiger partial charge in [-0.05, 0) is 42.8 Å². The van der Waals surface area contributed by atoms with Gasteiger partial charge in [-0.1, -0.05) is 36.4 Å². The van der Waals surface area contributed by atoms with E-state index >= 15 is 0 Å². The smallest absolute Gasteiger partial charge is 0.296 e. The Bertz CT molecular complexity index is 1540. The van der Waals surface area contributed by atoms with E-state index in [4.69, 9.17) is 10.1 Å². The van der Waals surface area contributed by atoms with E-state index in [1.165, 1.54) is 0 Å². The lowest BCUT2D eigenvalue weighted by atomic mass is 10.2. The molecule has 0 bridgehead atoms. The first-order valence-corrected chi connectivity index (χ1v) is 11.5. The summed E-state index contributed by atoms with van der Waals surface area (Å²) in [5.41, 5.74) is 4.01. The highest BCUT2D eigenvalue weighted by Crippen LogP contribution is 2.30. The molecule has 2 aromatic carbocycles. The summed E-state index contributed by atoms with van der Waals surface area (Å²) in [6.07, 6.45) is 1.86. The molecule has 9 nitrogen and oxygen atoms in total. The molecule has 32 heavy (non-hydrogen) atoms. The molecule has 0 fully saturated rings. The van der Waals surface area contributed by atoms with E-state index in [-0.39, 0.29) is 0 Å². The number of nitrogens with two attached hydrogens (primary N) is 1. The van der Waals surface area contributed by atoms with Crippen LogP contribution in [0.3, 0.4) is 0 Å². The first kappa shape index (κ1) is 20.0. The molecule has 0 amide bonds. The molecule has 10 heteroatoms. The fraction of sp³-hybridized carbons (Fsp3) is 0.0909. The van der Waals surface area contributed by atoms with Gasteiger partial charge in [0.1, 0.15) is 5.52 Å². The highest BCUT2D eigenvalue weighted by Gasteiger charge is 2.16. The summed E-state index contributed by atoms with van der Waals surface area (Å²) in [6, 6.07) is 21.1. The molecule has 5 rings (SSSR count). The molecule has 3 heterocycles. The monoisotopic (exact) mass is 447 g/mol. The van der Waals surface area contributed by atoms with E-state index in [9.17, 15) is 8.42 Å². The second-order valence-electron chi connectivity index (χ2n) is 7.44. The number of benzene rings is 2. The van der Waals surface area contributed by atoms with Crippen LogP contribution in [0.25, 0.3) is 22.4 Å². The Kier molecular flexibility index (Phi) is 4.80. The second kappa shape index (κ2) is 7.66. The summed E-state index contributed by atoms with van der Waals surface area (Å²) < 4.78 is 29.2. The second-order valence-corrected chi connectivity index (χ2v) is 8.74. The maximum absolute atomic E-state index is 11.6. The highest BCUT2D eigenvalue weighted by molar-refractivity contribution is 7.90. The number of hydrogen-bond donors (Lipinski definition) is 3. The van der Waals surface area contributed by atoms with Crippen LogP contribution in [0.2, 0.25) is 0 Å². The third-order valence-corrected chi connectivity index (χ3v) is 5.67. The lowest BCUT2D eigenvalue weighted by Gasteiger charge is -2.12. The molecule has 3 aromatic heterocycles. The van der Waals surface area contributed by atoms with Crippen LogP contribution in [0.1, 0.15) is 11.3 Å². The fourth-order valence-electron chi connectivity index (χ4n) is 3.80. The summed E-state index contributed by atoms with van der Waals surface area (Å²) >= 11 is 0. The van der Waals surface area contributed by atoms with Crippen molar-refractivity contribution in [1.29, 1.82) is 0 Å². The van der Waals surface area contributed by atoms with Crippen LogP contribution < -0.4 is 15.2 Å². The van der Waals surface area contributed by atoms with E-state index < -0.39 is 10.2 Å². The van der Waals surface area contributed by atoms with Crippen molar-refractivity contribution in [2.24, 2.45) is 5.14 Å². The molecule has 4 N–H and O–H groups in total. The SMILES string of the molecule is Cc1cc2c(NS(N)(=O)=O)cccc2n1-c1nc(NCc2ccccc2)c2cccn2n1. The van der Waals surface area contributed by atoms with E-state index in [1.807, 2.05) is 72.3 Å². The van der Waals surface area contributed by atoms with Crippen LogP contribution in [0.5, 0.6) is 0 Å². The van der Waals surface area contributed by atoms with Gasteiger partial charge in [0.05, 0.1) is 11.2 Å². The van der Waals surface area contributed by atoms with Gasteiger partial charge in [-0.25, -0.2) is 9.65 Å². The molecule has 162 valence electrons. The minimum Gasteiger partial charge on any atom is -0.364 e. The van der Waals surface area contributed by atoms with Crippen LogP contribution in [0.15, 0.2) is 72.9 Å². The highest BCUT2D eigenvalue weighted by atomic mass is 32.2. The molecule has 0 saturated heterocycles. The average molecular weight is 448 g/mol. The Hall–Kier alpha value is -3.89. The van der Waals surface area contributed by atoms with Crippen molar-refractivity contribution in [3.63, 3.8) is 0 Å². The summed E-state index contributed by atoms with van der Waals surface area (Å²) in [5.74, 6) is 1.16. The zero-order valence-corrected chi connectivity index (χ0v) is 18.0. The van der Waals surface area contributed by atoms with Crippen LogP contribution in [0.4, 0.5) is 11.5 Å². The minimum absolute atomic E-state index is 0.399. The lowest BCUT2D eigenvalue weighted by molar-refractivity contribution is 0.603. The van der Waals surface area contributed by atoms with Gasteiger partial charge in [0.2, 0.25) is 0 Å². The Morgan fingerprint density at radius 2 is 1.78 bits per heavy atom. The Labute approximate surface area is 184 Å². The van der Waals surface area contributed by atoms with Crippen molar-refractivity contribution in [2.45, 2.75) is 13.5 Å². The molecule has 0 unspecified atom stereocenters. The maximum Gasteiger partial charge on any atom is 0.296 e. The minimum atomic E-state index is -3.90. The van der Waals surface area contributed by atoms with Crippen LogP contribution >= 0.6 is 0 Å². The van der Waals surface area contributed by atoms with E-state index in [2.05, 4.69) is 15.1 Å². The zero-order valence-electron chi connectivity index (χ0n) is 17.2. The molecule has 0 saturated carbocycles. The third kappa shape index (κ3) is 3.77. The number of aromatic nitrogens is 4. The molecule has 0 aliphatic carbocycles. The van der Waals surface area contributed by atoms with Gasteiger partial charge in [-0.3, -0.25) is 9.29 Å². The van der Waals surface area contributed by atoms with Gasteiger partial charge in [0.25, 0.3) is 16.2 Å². The molecule has 0 spiro atoms. The Morgan fingerprint density at radius 1 is 1.00 bits per heavy atom. The zero-order chi connectivity index (χ0) is 22.3. The van der Waals surface area contributed by atoms with Crippen molar-refractivity contribution in [2.75, 3.05) is 10.0 Å². The molecule has 0 radical (unpaired) electrons. The predicted molar refractivity (Wildman–Crippen MR) is 125 cm³/mol. The van der Waals surface area contributed by atoms with Crippen molar-refractivity contribution >= 4 is 38.1 Å². The van der Waals surface area contributed by atoms with E-state index in [1.54, 1.807) is 16.6 Å². The third-order valence-electron chi connectivity index (χ3n) is 5.16. The number of nitrogens with one attached hydrogen (secondary N) is 2. The maximum atomic E-state index is 11.6. The van der Waals surface area contributed by atoms with Crippen molar-refractivity contribution in [3.8, 4) is 5.95 Å². The summed E-state index contributed by atoms with van der Waals surface area (Å²) in [7, 11) is -3.90. The van der Waals surface area contributed by atoms with Crippen molar-refractivity contribution < 1.29 is 8.42 Å². The average Bonchev–Trinajstić information content (AvgIpc) is 3.36. The lowest BCUT2D eigenvalue weighted by Crippen LogP contribution is -2.21. The Morgan fingerprint density at radius 3 is 2.56 bits per heavy atom. The summed E-state index contributed by atoms with van der Waals surface area (Å²) in [6.45, 7) is 2.53. The van der Waals surface area contributed by atoms with E-state index in [0.717, 1.165) is 22.3 Å². The molecule has 5 aromatic rings. The van der Waals surface area contributed by atoms with Gasteiger partial charge in [0, 0.05) is 23.8 Å². The number of hydrogen-bond acceptors (Lipinski definition) is 5. The van der Waals surface area contributed by atoms with Gasteiger partial charge in [0.15, 0.2) is 5.82 Å². The number of nitrogens with zero attached hydrogens (tertiary/aromatic N) is 4. The van der Waals surface area contributed by atoms with Gasteiger partial charge in [-0.2, -0.15) is 13.4 Å². The molecule has 0 atom stereocenters. The van der Waals surface area contributed by atoms with Crippen LogP contribution in [-0.4, -0.2) is 27.6 Å². The predicted octanol–water partition coefficient (Wildman–Crippen LogP) is 3.21. The van der Waals surface area contributed by atoms with Crippen molar-refractivity contribution in [1.82, 2.24) is 19.2 Å². The standard InChI is InChI=1S/C22H21N7O2S/c1-15-13-17-18(27-32(23,30)31)9-5-10-19(17)29(15)22-25-21(20-11-6-12-28(20)26-22)24-14-16-7-3-2-4-8-16/h2-13,27H,14H2,1H3,(H2,23,30,31)(H,24,25,26). The van der Waals surface area contributed by atoms with Gasteiger partial charge >= 0.3 is 0 Å². The Balaban J connectivity index is 1.62. The van der Waals surface area contributed by atoms with E-state index in [0.29, 0.717) is 29.4 Å². The van der Waals surface area contributed by atoms with Gasteiger partial charge in [-0.15, -0.1) is 5.10 Å². The van der Waals surface area contributed by atoms with Gasteiger partial charge < -0.3 is 5.32 Å². The van der Waals surface area contributed by atoms with Crippen LogP contribution in [0, 0.1) is 6.92 Å². The first-order valence-electron chi connectivity index (χ1n) is 9.94. The van der Waals surface area contributed by atoms with Crippen LogP contribution in [-0.2, 0) is 16.8 Å². The fourth-order valence-corrected chi connectivity index (χ4v) is 4.28. The molecular formula is C22H21N7O2S. The molecule has 0 aliphatic rings. The first-order chi connectivity index (χ1) is 15.4. The largest absolute Gasteiger partial charge is 0.364 e. The number of aryl methyl sites for hydroxylation is 1. The number of anilines is 2. The topological polar surface area (TPSA) is 119 Å². The normalized spacial score (nSPS) is 11.8. The molecular weight excluding hydrogens is 426 g/mol. The summed E-state index contributed by atoms with van der Waals surface area (Å²) in [5, 5.41) is 14.0. The van der Waals surface area contributed by atoms with Crippen molar-refractivity contribution in [3.05, 3.63) is 84.2 Å². The molecule has 0 aliphatic heterocycles. The quantitative estimate of drug-likeness (QED) is 0.369. The number of fused-ring (bicyclic) bond motifs is 2. The number of rotatable bonds is 6. The summed E-state index contributed by atoms with van der Waals surface area (Å²) in [4.78, 5) is 4.80.